The molecule has 1 N–H and O–H groups in total. The van der Waals surface area contributed by atoms with Gasteiger partial charge in [-0.05, 0) is 24.6 Å². The molecule has 0 aliphatic heterocycles. The van der Waals surface area contributed by atoms with Crippen LogP contribution in [0.5, 0.6) is 5.75 Å². The summed E-state index contributed by atoms with van der Waals surface area (Å²) in [7, 11) is 3.09. The summed E-state index contributed by atoms with van der Waals surface area (Å²) in [5.74, 6) is -0.428. The van der Waals surface area contributed by atoms with Gasteiger partial charge in [0.25, 0.3) is 0 Å². The topological polar surface area (TPSA) is 29.5 Å². The molecule has 0 bridgehead atoms. The average molecular weight is 169 g/mol. The molecule has 1 atom stereocenters. The zero-order valence-corrected chi connectivity index (χ0v) is 6.75. The Bertz CT molecular complexity index is 271. The number of aliphatic hydroxyl groups is 1. The molecule has 1 radical (unpaired) electrons. The maximum Gasteiger partial charge on any atom is 0.165 e. The second kappa shape index (κ2) is 3.54. The third kappa shape index (κ3) is 1.74. The fourth-order valence-electron chi connectivity index (χ4n) is 0.894. The summed E-state index contributed by atoms with van der Waals surface area (Å²) >= 11 is 0. The van der Waals surface area contributed by atoms with E-state index in [4.69, 9.17) is 5.11 Å². The lowest BCUT2D eigenvalue weighted by atomic mass is 10.1. The first-order valence-corrected chi connectivity index (χ1v) is 3.54. The molecule has 0 amide bonds. The van der Waals surface area contributed by atoms with Gasteiger partial charge in [0, 0.05) is 0 Å². The number of hydrogen-bond acceptors (Lipinski definition) is 2. The lowest BCUT2D eigenvalue weighted by Crippen LogP contribution is -1.93. The van der Waals surface area contributed by atoms with Crippen LogP contribution in [0.4, 0.5) is 4.39 Å². The molecular weight excluding hydrogens is 159 g/mol. The minimum Gasteiger partial charge on any atom is -0.487 e. The molecule has 0 spiro atoms. The predicted molar refractivity (Wildman–Crippen MR) is 43.0 cm³/mol. The van der Waals surface area contributed by atoms with Crippen molar-refractivity contribution in [3.8, 4) is 5.75 Å². The van der Waals surface area contributed by atoms with Crippen molar-refractivity contribution in [2.75, 3.05) is 0 Å². The summed E-state index contributed by atoms with van der Waals surface area (Å²) in [6.07, 6.45) is -0.668. The molecule has 0 heterocycles. The second-order valence-electron chi connectivity index (χ2n) is 2.51. The van der Waals surface area contributed by atoms with E-state index in [-0.39, 0.29) is 5.75 Å². The average Bonchev–Trinajstić information content (AvgIpc) is 2.04. The van der Waals surface area contributed by atoms with Crippen LogP contribution in [-0.4, -0.2) is 5.11 Å². The Hall–Kier alpha value is -1.09. The quantitative estimate of drug-likeness (QED) is 0.734. The molecular formula is C9H10FO2. The Morgan fingerprint density at radius 3 is 2.67 bits per heavy atom. The smallest absolute Gasteiger partial charge is 0.165 e. The van der Waals surface area contributed by atoms with Gasteiger partial charge in [0.05, 0.1) is 6.10 Å². The molecule has 65 valence electrons. The lowest BCUT2D eigenvalue weighted by molar-refractivity contribution is 0.198. The Balaban J connectivity index is 3.02. The number of rotatable bonds is 2. The molecule has 0 saturated carbocycles. The second-order valence-corrected chi connectivity index (χ2v) is 2.51. The number of hydrogen-bond donors (Lipinski definition) is 1. The van der Waals surface area contributed by atoms with E-state index >= 15 is 0 Å². The highest BCUT2D eigenvalue weighted by Gasteiger charge is 2.06. The Morgan fingerprint density at radius 1 is 1.58 bits per heavy atom. The normalized spacial score (nSPS) is 12.7. The van der Waals surface area contributed by atoms with E-state index in [1.165, 1.54) is 12.1 Å². The van der Waals surface area contributed by atoms with Crippen molar-refractivity contribution >= 4 is 0 Å². The van der Waals surface area contributed by atoms with Crippen LogP contribution in [-0.2, 0) is 0 Å². The first-order chi connectivity index (χ1) is 5.65. The van der Waals surface area contributed by atoms with E-state index in [1.807, 2.05) is 0 Å². The van der Waals surface area contributed by atoms with E-state index in [0.29, 0.717) is 5.56 Å². The monoisotopic (exact) mass is 169 g/mol. The third-order valence-corrected chi connectivity index (χ3v) is 1.59. The third-order valence-electron chi connectivity index (χ3n) is 1.59. The zero-order valence-electron chi connectivity index (χ0n) is 6.75. The van der Waals surface area contributed by atoms with E-state index in [2.05, 4.69) is 11.8 Å². The maximum absolute atomic E-state index is 12.9. The molecule has 0 aliphatic rings. The number of benzene rings is 1. The molecule has 1 aromatic carbocycles. The van der Waals surface area contributed by atoms with Crippen molar-refractivity contribution in [2.45, 2.75) is 13.0 Å². The molecule has 1 unspecified atom stereocenters. The first-order valence-electron chi connectivity index (χ1n) is 3.54. The van der Waals surface area contributed by atoms with Gasteiger partial charge in [-0.2, -0.15) is 0 Å². The molecule has 0 fully saturated rings. The molecule has 2 nitrogen and oxygen atoms in total. The summed E-state index contributed by atoms with van der Waals surface area (Å²) < 4.78 is 17.4. The van der Waals surface area contributed by atoms with Crippen LogP contribution in [0.3, 0.4) is 0 Å². The first kappa shape index (κ1) is 9.00. The highest BCUT2D eigenvalue weighted by Crippen LogP contribution is 2.21. The number of ether oxygens (including phenoxy) is 1. The van der Waals surface area contributed by atoms with E-state index in [0.717, 1.165) is 0 Å². The highest BCUT2D eigenvalue weighted by molar-refractivity contribution is 5.30. The Morgan fingerprint density at radius 2 is 2.25 bits per heavy atom. The number of aliphatic hydroxyl groups excluding tert-OH is 1. The molecule has 3 heteroatoms. The maximum atomic E-state index is 12.9. The van der Waals surface area contributed by atoms with Crippen molar-refractivity contribution in [1.82, 2.24) is 0 Å². The molecule has 0 saturated heterocycles. The molecule has 0 aromatic heterocycles. The highest BCUT2D eigenvalue weighted by atomic mass is 19.1. The fraction of sp³-hybridized carbons (Fsp3) is 0.222. The molecule has 1 rings (SSSR count). The van der Waals surface area contributed by atoms with Gasteiger partial charge in [0.1, 0.15) is 7.11 Å². The van der Waals surface area contributed by atoms with Crippen LogP contribution in [0, 0.1) is 12.9 Å². The van der Waals surface area contributed by atoms with Gasteiger partial charge in [-0.3, -0.25) is 0 Å². The van der Waals surface area contributed by atoms with Gasteiger partial charge < -0.3 is 9.84 Å². The van der Waals surface area contributed by atoms with Crippen LogP contribution in [0.15, 0.2) is 18.2 Å². The van der Waals surface area contributed by atoms with Crippen molar-refractivity contribution < 1.29 is 14.2 Å². The molecule has 1 aromatic rings. The minimum absolute atomic E-state index is 0.0828. The van der Waals surface area contributed by atoms with Crippen molar-refractivity contribution in [1.29, 1.82) is 0 Å². The van der Waals surface area contributed by atoms with E-state index < -0.39 is 11.9 Å². The van der Waals surface area contributed by atoms with Crippen molar-refractivity contribution in [2.24, 2.45) is 0 Å². The SMILES string of the molecule is [CH2]Oc1ccc(C(C)O)cc1F. The van der Waals surface area contributed by atoms with Crippen LogP contribution >= 0.6 is 0 Å². The summed E-state index contributed by atoms with van der Waals surface area (Å²) in [5, 5.41) is 9.09. The molecule has 12 heavy (non-hydrogen) atoms. The van der Waals surface area contributed by atoms with Gasteiger partial charge in [0.15, 0.2) is 11.6 Å². The fourth-order valence-corrected chi connectivity index (χ4v) is 0.894. The summed E-state index contributed by atoms with van der Waals surface area (Å²) in [5.41, 5.74) is 0.522. The predicted octanol–water partition coefficient (Wildman–Crippen LogP) is 2.05. The van der Waals surface area contributed by atoms with E-state index in [9.17, 15) is 4.39 Å². The Kier molecular flexibility index (Phi) is 2.65. The summed E-state index contributed by atoms with van der Waals surface area (Å²) in [6, 6.07) is 4.25. The van der Waals surface area contributed by atoms with E-state index in [1.54, 1.807) is 13.0 Å². The van der Waals surface area contributed by atoms with Gasteiger partial charge in [-0.15, -0.1) is 0 Å². The lowest BCUT2D eigenvalue weighted by Gasteiger charge is -2.06. The standard InChI is InChI=1S/C9H10FO2/c1-6(11)7-3-4-9(12-2)8(10)5-7/h3-6,11H,2H2,1H3. The largest absolute Gasteiger partial charge is 0.487 e. The van der Waals surface area contributed by atoms with Gasteiger partial charge in [0.2, 0.25) is 0 Å². The number of halogens is 1. The summed E-state index contributed by atoms with van der Waals surface area (Å²) in [6.45, 7) is 1.57. The molecule has 0 aliphatic carbocycles. The van der Waals surface area contributed by atoms with Crippen LogP contribution in [0.2, 0.25) is 0 Å². The van der Waals surface area contributed by atoms with Gasteiger partial charge in [-0.1, -0.05) is 6.07 Å². The van der Waals surface area contributed by atoms with Gasteiger partial charge >= 0.3 is 0 Å². The summed E-state index contributed by atoms with van der Waals surface area (Å²) in [4.78, 5) is 0. The van der Waals surface area contributed by atoms with Crippen molar-refractivity contribution in [3.05, 3.63) is 36.7 Å². The minimum atomic E-state index is -0.668. The van der Waals surface area contributed by atoms with Crippen LogP contribution in [0.1, 0.15) is 18.6 Å². The van der Waals surface area contributed by atoms with Crippen LogP contribution in [0.25, 0.3) is 0 Å². The van der Waals surface area contributed by atoms with Crippen LogP contribution < -0.4 is 4.74 Å². The van der Waals surface area contributed by atoms with Gasteiger partial charge in [-0.25, -0.2) is 4.39 Å². The zero-order chi connectivity index (χ0) is 9.14. The van der Waals surface area contributed by atoms with Crippen molar-refractivity contribution in [3.63, 3.8) is 0 Å². The Labute approximate surface area is 70.6 Å².